The van der Waals surface area contributed by atoms with E-state index in [1.165, 1.54) is 23.9 Å². The van der Waals surface area contributed by atoms with E-state index in [1.807, 2.05) is 25.4 Å². The van der Waals surface area contributed by atoms with E-state index in [9.17, 15) is 14.3 Å². The number of aromatic hydroxyl groups is 1. The molecular weight excluding hydrogens is 487 g/mol. The first-order valence-electron chi connectivity index (χ1n) is 11.0. The number of hydrogen-bond donors (Lipinski definition) is 2. The lowest BCUT2D eigenvalue weighted by atomic mass is 10.0. The number of phenolic OH excluding ortho intramolecular Hbond substituents is 1. The Morgan fingerprint density at radius 3 is 2.74 bits per heavy atom. The normalized spacial score (nSPS) is 11.0. The molecule has 4 rings (SSSR count). The number of phenols is 1. The van der Waals surface area contributed by atoms with Gasteiger partial charge in [-0.1, -0.05) is 23.7 Å². The van der Waals surface area contributed by atoms with Crippen LogP contribution in [-0.4, -0.2) is 38.6 Å². The third-order valence-electron chi connectivity index (χ3n) is 5.52. The molecule has 9 heteroatoms. The number of para-hydroxylation sites is 1. The molecule has 0 aliphatic heterocycles. The van der Waals surface area contributed by atoms with Gasteiger partial charge in [-0.05, 0) is 67.1 Å². The second-order valence-electron chi connectivity index (χ2n) is 7.89. The number of nitrogens with zero attached hydrogens (tertiary/aromatic N) is 3. The molecule has 0 bridgehead atoms. The summed E-state index contributed by atoms with van der Waals surface area (Å²) in [6, 6.07) is 14.9. The molecule has 0 atom stereocenters. The fourth-order valence-corrected chi connectivity index (χ4v) is 4.76. The van der Waals surface area contributed by atoms with Crippen LogP contribution >= 0.6 is 23.4 Å². The Morgan fingerprint density at radius 1 is 1.20 bits per heavy atom. The third kappa shape index (κ3) is 5.49. The smallest absolute Gasteiger partial charge is 0.255 e. The Hall–Kier alpha value is -3.36. The maximum Gasteiger partial charge on any atom is 0.255 e. The molecule has 2 aromatic heterocycles. The largest absolute Gasteiger partial charge is 0.507 e. The molecule has 0 unspecified atom stereocenters. The van der Waals surface area contributed by atoms with E-state index in [4.69, 9.17) is 11.6 Å². The molecule has 1 amide bonds. The van der Waals surface area contributed by atoms with Crippen LogP contribution in [-0.2, 0) is 13.5 Å². The van der Waals surface area contributed by atoms with Crippen molar-refractivity contribution in [3.8, 4) is 28.1 Å². The van der Waals surface area contributed by atoms with Crippen LogP contribution in [0.1, 0.15) is 22.5 Å². The van der Waals surface area contributed by atoms with Gasteiger partial charge in [-0.15, -0.1) is 11.8 Å². The summed E-state index contributed by atoms with van der Waals surface area (Å²) in [5.74, 6) is -0.799. The zero-order chi connectivity index (χ0) is 24.9. The fourth-order valence-electron chi connectivity index (χ4n) is 3.88. The number of pyridine rings is 1. The zero-order valence-electron chi connectivity index (χ0n) is 19.3. The van der Waals surface area contributed by atoms with Crippen molar-refractivity contribution in [2.75, 3.05) is 12.8 Å². The molecule has 0 aliphatic carbocycles. The van der Waals surface area contributed by atoms with Gasteiger partial charge in [0.15, 0.2) is 0 Å². The number of aryl methyl sites for hydroxylation is 2. The molecule has 2 N–H and O–H groups in total. The van der Waals surface area contributed by atoms with Crippen molar-refractivity contribution in [1.82, 2.24) is 20.1 Å². The van der Waals surface area contributed by atoms with Gasteiger partial charge in [-0.2, -0.15) is 5.10 Å². The van der Waals surface area contributed by atoms with E-state index in [1.54, 1.807) is 41.2 Å². The lowest BCUT2D eigenvalue weighted by Crippen LogP contribution is -2.24. The van der Waals surface area contributed by atoms with Crippen molar-refractivity contribution in [1.29, 1.82) is 0 Å². The quantitative estimate of drug-likeness (QED) is 0.234. The maximum atomic E-state index is 14.8. The number of hydrogen-bond acceptors (Lipinski definition) is 5. The minimum Gasteiger partial charge on any atom is -0.507 e. The van der Waals surface area contributed by atoms with Crippen molar-refractivity contribution < 1.29 is 14.3 Å². The highest BCUT2D eigenvalue weighted by Gasteiger charge is 2.21. The lowest BCUT2D eigenvalue weighted by Gasteiger charge is -2.09. The minimum absolute atomic E-state index is 0.0478. The van der Waals surface area contributed by atoms with Gasteiger partial charge >= 0.3 is 0 Å². The summed E-state index contributed by atoms with van der Waals surface area (Å²) in [5, 5.41) is 18.5. The Morgan fingerprint density at radius 2 is 2.00 bits per heavy atom. The Balaban J connectivity index is 1.53. The van der Waals surface area contributed by atoms with Crippen LogP contribution in [0.2, 0.25) is 5.02 Å². The van der Waals surface area contributed by atoms with Crippen LogP contribution in [0, 0.1) is 5.82 Å². The molecular formula is C26H24ClFN4O2S. The average Bonchev–Trinajstić information content (AvgIpc) is 3.18. The summed E-state index contributed by atoms with van der Waals surface area (Å²) >= 11 is 7.49. The van der Waals surface area contributed by atoms with Gasteiger partial charge in [-0.25, -0.2) is 4.39 Å². The maximum absolute atomic E-state index is 14.8. The van der Waals surface area contributed by atoms with Gasteiger partial charge in [0.2, 0.25) is 0 Å². The van der Waals surface area contributed by atoms with Crippen LogP contribution in [0.4, 0.5) is 4.39 Å². The molecule has 6 nitrogen and oxygen atoms in total. The van der Waals surface area contributed by atoms with Crippen molar-refractivity contribution in [2.24, 2.45) is 7.05 Å². The topological polar surface area (TPSA) is 80.0 Å². The molecule has 0 radical (unpaired) electrons. The van der Waals surface area contributed by atoms with Crippen LogP contribution in [0.25, 0.3) is 22.4 Å². The standard InChI is InChI=1S/C26H24ClFN4O2S/c1-32-26(35-2)23(24(31-32)19-10-9-17(27)15-21(19)28)16-11-13-29-18(14-16)6-5-12-30-25(34)20-7-3-4-8-22(20)33/h3-4,7-11,13-15,33H,5-6,12H2,1-2H3,(H,30,34). The second kappa shape index (κ2) is 10.9. The number of rotatable bonds is 8. The van der Waals surface area contributed by atoms with Crippen molar-refractivity contribution >= 4 is 29.3 Å². The first-order valence-corrected chi connectivity index (χ1v) is 12.6. The molecule has 180 valence electrons. The van der Waals surface area contributed by atoms with Gasteiger partial charge in [0.25, 0.3) is 5.91 Å². The summed E-state index contributed by atoms with van der Waals surface area (Å²) in [5.41, 5.74) is 3.73. The summed E-state index contributed by atoms with van der Waals surface area (Å²) < 4.78 is 16.5. The predicted octanol–water partition coefficient (Wildman–Crippen LogP) is 5.73. The van der Waals surface area contributed by atoms with Crippen LogP contribution in [0.15, 0.2) is 65.8 Å². The second-order valence-corrected chi connectivity index (χ2v) is 9.12. The van der Waals surface area contributed by atoms with Gasteiger partial charge in [0, 0.05) is 41.6 Å². The molecule has 0 saturated heterocycles. The number of aromatic nitrogens is 3. The van der Waals surface area contributed by atoms with Gasteiger partial charge < -0.3 is 10.4 Å². The van der Waals surface area contributed by atoms with E-state index in [2.05, 4.69) is 15.4 Å². The van der Waals surface area contributed by atoms with Crippen LogP contribution < -0.4 is 5.32 Å². The molecule has 35 heavy (non-hydrogen) atoms. The molecule has 0 spiro atoms. The molecule has 0 saturated carbocycles. The highest BCUT2D eigenvalue weighted by Crippen LogP contribution is 2.39. The fraction of sp³-hybridized carbons (Fsp3) is 0.192. The van der Waals surface area contributed by atoms with Gasteiger partial charge in [-0.3, -0.25) is 14.5 Å². The number of carbonyl (C=O) groups is 1. The first-order chi connectivity index (χ1) is 16.9. The van der Waals surface area contributed by atoms with Crippen molar-refractivity contribution in [2.45, 2.75) is 17.9 Å². The summed E-state index contributed by atoms with van der Waals surface area (Å²) in [7, 11) is 1.84. The Bertz CT molecular complexity index is 1380. The lowest BCUT2D eigenvalue weighted by molar-refractivity contribution is 0.0950. The SMILES string of the molecule is CSc1c(-c2ccnc(CCCNC(=O)c3ccccc3O)c2)c(-c2ccc(Cl)cc2F)nn1C. The number of halogens is 2. The number of amides is 1. The van der Waals surface area contributed by atoms with Crippen molar-refractivity contribution in [3.05, 3.63) is 82.9 Å². The van der Waals surface area contributed by atoms with E-state index in [-0.39, 0.29) is 17.2 Å². The van der Waals surface area contributed by atoms with Crippen LogP contribution in [0.3, 0.4) is 0 Å². The van der Waals surface area contributed by atoms with E-state index >= 15 is 0 Å². The highest BCUT2D eigenvalue weighted by molar-refractivity contribution is 7.98. The van der Waals surface area contributed by atoms with E-state index in [0.29, 0.717) is 35.7 Å². The summed E-state index contributed by atoms with van der Waals surface area (Å²) in [4.78, 5) is 16.7. The highest BCUT2D eigenvalue weighted by atomic mass is 35.5. The molecule has 0 aliphatic rings. The third-order valence-corrected chi connectivity index (χ3v) is 6.61. The van der Waals surface area contributed by atoms with Crippen LogP contribution in [0.5, 0.6) is 5.75 Å². The van der Waals surface area contributed by atoms with Crippen molar-refractivity contribution in [3.63, 3.8) is 0 Å². The monoisotopic (exact) mass is 510 g/mol. The number of carbonyl (C=O) groups excluding carboxylic acids is 1. The Kier molecular flexibility index (Phi) is 7.73. The summed E-state index contributed by atoms with van der Waals surface area (Å²) in [6.07, 6.45) is 4.98. The minimum atomic E-state index is -0.432. The van der Waals surface area contributed by atoms with Gasteiger partial charge in [0.05, 0.1) is 5.56 Å². The number of thioether (sulfide) groups is 1. The molecule has 2 aromatic carbocycles. The van der Waals surface area contributed by atoms with Gasteiger partial charge in [0.1, 0.15) is 22.3 Å². The molecule has 0 fully saturated rings. The molecule has 4 aromatic rings. The first kappa shape index (κ1) is 24.8. The Labute approximate surface area is 212 Å². The average molecular weight is 511 g/mol. The number of nitrogens with one attached hydrogen (secondary N) is 1. The summed E-state index contributed by atoms with van der Waals surface area (Å²) in [6.45, 7) is 0.434. The van der Waals surface area contributed by atoms with E-state index < -0.39 is 5.82 Å². The number of benzene rings is 2. The van der Waals surface area contributed by atoms with E-state index in [0.717, 1.165) is 21.8 Å². The molecule has 2 heterocycles. The predicted molar refractivity (Wildman–Crippen MR) is 137 cm³/mol. The zero-order valence-corrected chi connectivity index (χ0v) is 20.8.